The van der Waals surface area contributed by atoms with E-state index in [9.17, 15) is 4.79 Å². The molecule has 0 saturated carbocycles. The fraction of sp³-hybridized carbons (Fsp3) is 0.308. The van der Waals surface area contributed by atoms with Gasteiger partial charge >= 0.3 is 5.97 Å². The van der Waals surface area contributed by atoms with Gasteiger partial charge in [-0.1, -0.05) is 36.9 Å². The lowest BCUT2D eigenvalue weighted by atomic mass is 10.2. The van der Waals surface area contributed by atoms with Gasteiger partial charge in [-0.15, -0.1) is 0 Å². The van der Waals surface area contributed by atoms with Crippen LogP contribution in [-0.4, -0.2) is 30.1 Å². The Labute approximate surface area is 97.0 Å². The molecule has 1 rings (SSSR count). The van der Waals surface area contributed by atoms with Crippen LogP contribution in [0, 0.1) is 0 Å². The van der Waals surface area contributed by atoms with Gasteiger partial charge in [0.2, 0.25) is 0 Å². The van der Waals surface area contributed by atoms with Gasteiger partial charge in [0.05, 0.1) is 0 Å². The number of rotatable bonds is 3. The van der Waals surface area contributed by atoms with Crippen LogP contribution in [0.25, 0.3) is 0 Å². The average Bonchev–Trinajstić information content (AvgIpc) is 2.19. The monoisotopic (exact) mass is 221 g/mol. The first-order valence-corrected chi connectivity index (χ1v) is 5.01. The predicted molar refractivity (Wildman–Crippen MR) is 66.3 cm³/mol. The van der Waals surface area contributed by atoms with E-state index >= 15 is 0 Å². The van der Waals surface area contributed by atoms with Crippen LogP contribution in [0.4, 0.5) is 0 Å². The van der Waals surface area contributed by atoms with Crippen molar-refractivity contribution >= 4 is 5.97 Å². The Morgan fingerprint density at radius 3 is 2.06 bits per heavy atom. The number of carboxylic acid groups (broad SMARTS) is 1. The lowest BCUT2D eigenvalue weighted by Crippen LogP contribution is -2.10. The first-order valence-electron chi connectivity index (χ1n) is 5.01. The summed E-state index contributed by atoms with van der Waals surface area (Å²) in [7, 11) is 4.15. The minimum Gasteiger partial charge on any atom is -0.478 e. The molecule has 0 aromatic heterocycles. The third-order valence-corrected chi connectivity index (χ3v) is 1.71. The van der Waals surface area contributed by atoms with Crippen molar-refractivity contribution in [2.24, 2.45) is 0 Å². The maximum Gasteiger partial charge on any atom is 0.330 e. The molecular weight excluding hydrogens is 202 g/mol. The molecule has 0 fully saturated rings. The van der Waals surface area contributed by atoms with Crippen LogP contribution in [-0.2, 0) is 11.3 Å². The van der Waals surface area contributed by atoms with Crippen molar-refractivity contribution in [3.05, 3.63) is 48.0 Å². The Balaban J connectivity index is 0.000000325. The zero-order chi connectivity index (χ0) is 12.6. The van der Waals surface area contributed by atoms with E-state index in [1.54, 1.807) is 0 Å². The van der Waals surface area contributed by atoms with Crippen molar-refractivity contribution in [3.63, 3.8) is 0 Å². The van der Waals surface area contributed by atoms with Gasteiger partial charge in [-0.05, 0) is 26.6 Å². The van der Waals surface area contributed by atoms with Crippen molar-refractivity contribution in [2.75, 3.05) is 14.1 Å². The molecule has 88 valence electrons. The molecule has 0 amide bonds. The number of hydrogen-bond donors (Lipinski definition) is 1. The zero-order valence-corrected chi connectivity index (χ0v) is 10.1. The van der Waals surface area contributed by atoms with E-state index in [1.165, 1.54) is 12.5 Å². The SMILES string of the molecule is C=C(C)C(=O)O.CN(C)Cc1ccccc1. The van der Waals surface area contributed by atoms with Crippen molar-refractivity contribution in [1.82, 2.24) is 4.90 Å². The van der Waals surface area contributed by atoms with Gasteiger partial charge in [0.15, 0.2) is 0 Å². The largest absolute Gasteiger partial charge is 0.478 e. The van der Waals surface area contributed by atoms with Gasteiger partial charge in [-0.25, -0.2) is 4.79 Å². The van der Waals surface area contributed by atoms with Crippen molar-refractivity contribution in [3.8, 4) is 0 Å². The molecule has 0 unspecified atom stereocenters. The summed E-state index contributed by atoms with van der Waals surface area (Å²) in [5, 5.41) is 7.89. The topological polar surface area (TPSA) is 40.5 Å². The van der Waals surface area contributed by atoms with E-state index in [4.69, 9.17) is 5.11 Å². The first kappa shape index (κ1) is 14.4. The molecule has 3 nitrogen and oxygen atoms in total. The van der Waals surface area contributed by atoms with E-state index in [-0.39, 0.29) is 5.57 Å². The highest BCUT2D eigenvalue weighted by Gasteiger charge is 1.91. The molecule has 1 N–H and O–H groups in total. The van der Waals surface area contributed by atoms with Crippen LogP contribution in [0.1, 0.15) is 12.5 Å². The molecule has 0 bridgehead atoms. The third-order valence-electron chi connectivity index (χ3n) is 1.71. The number of aliphatic carboxylic acids is 1. The number of nitrogens with zero attached hydrogens (tertiary/aromatic N) is 1. The predicted octanol–water partition coefficient (Wildman–Crippen LogP) is 2.40. The van der Waals surface area contributed by atoms with Crippen molar-refractivity contribution in [2.45, 2.75) is 13.5 Å². The van der Waals surface area contributed by atoms with E-state index in [1.807, 2.05) is 6.07 Å². The second kappa shape index (κ2) is 7.65. The first-order chi connectivity index (χ1) is 7.43. The van der Waals surface area contributed by atoms with Crippen LogP contribution in [0.3, 0.4) is 0 Å². The van der Waals surface area contributed by atoms with Crippen molar-refractivity contribution < 1.29 is 9.90 Å². The Morgan fingerprint density at radius 1 is 1.31 bits per heavy atom. The van der Waals surface area contributed by atoms with E-state index in [2.05, 4.69) is 49.8 Å². The second-order valence-electron chi connectivity index (χ2n) is 3.81. The minimum absolute atomic E-state index is 0.176. The quantitative estimate of drug-likeness (QED) is 0.797. The van der Waals surface area contributed by atoms with Crippen LogP contribution in [0.2, 0.25) is 0 Å². The molecule has 3 heteroatoms. The van der Waals surface area contributed by atoms with Crippen LogP contribution in [0.15, 0.2) is 42.5 Å². The smallest absolute Gasteiger partial charge is 0.330 e. The molecule has 0 aliphatic carbocycles. The Kier molecular flexibility index (Phi) is 6.88. The van der Waals surface area contributed by atoms with E-state index in [0.717, 1.165) is 6.54 Å². The third kappa shape index (κ3) is 7.76. The van der Waals surface area contributed by atoms with Gasteiger partial charge in [0.1, 0.15) is 0 Å². The molecule has 1 aromatic carbocycles. The standard InChI is InChI=1S/C9H13N.C4H6O2/c1-10(2)8-9-6-4-3-5-7-9;1-3(2)4(5)6/h3-7H,8H2,1-2H3;1H2,2H3,(H,5,6). The highest BCUT2D eigenvalue weighted by Crippen LogP contribution is 1.99. The maximum atomic E-state index is 9.60. The normalized spacial score (nSPS) is 9.25. The summed E-state index contributed by atoms with van der Waals surface area (Å²) < 4.78 is 0. The lowest BCUT2D eigenvalue weighted by Gasteiger charge is -2.08. The number of hydrogen-bond acceptors (Lipinski definition) is 2. The van der Waals surface area contributed by atoms with Gasteiger partial charge in [-0.2, -0.15) is 0 Å². The van der Waals surface area contributed by atoms with Crippen LogP contribution in [0.5, 0.6) is 0 Å². The van der Waals surface area contributed by atoms with Gasteiger partial charge < -0.3 is 10.0 Å². The summed E-state index contributed by atoms with van der Waals surface area (Å²) in [5.74, 6) is -0.935. The second-order valence-corrected chi connectivity index (χ2v) is 3.81. The molecular formula is C13H19NO2. The van der Waals surface area contributed by atoms with Gasteiger partial charge in [-0.3, -0.25) is 0 Å². The Hall–Kier alpha value is -1.61. The van der Waals surface area contributed by atoms with E-state index in [0.29, 0.717) is 0 Å². The highest BCUT2D eigenvalue weighted by molar-refractivity contribution is 5.84. The summed E-state index contributed by atoms with van der Waals surface area (Å²) in [6.45, 7) is 5.63. The zero-order valence-electron chi connectivity index (χ0n) is 10.1. The van der Waals surface area contributed by atoms with E-state index < -0.39 is 5.97 Å². The minimum atomic E-state index is -0.935. The number of carboxylic acids is 1. The van der Waals surface area contributed by atoms with Gasteiger partial charge in [0.25, 0.3) is 0 Å². The molecule has 0 spiro atoms. The maximum absolute atomic E-state index is 9.60. The molecule has 1 aromatic rings. The summed E-state index contributed by atoms with van der Waals surface area (Å²) in [6, 6.07) is 10.5. The van der Waals surface area contributed by atoms with Crippen LogP contribution < -0.4 is 0 Å². The molecule has 16 heavy (non-hydrogen) atoms. The summed E-state index contributed by atoms with van der Waals surface area (Å²) in [4.78, 5) is 11.8. The van der Waals surface area contributed by atoms with Crippen molar-refractivity contribution in [1.29, 1.82) is 0 Å². The van der Waals surface area contributed by atoms with Gasteiger partial charge in [0, 0.05) is 12.1 Å². The van der Waals surface area contributed by atoms with Crippen LogP contribution >= 0.6 is 0 Å². The summed E-state index contributed by atoms with van der Waals surface area (Å²) >= 11 is 0. The highest BCUT2D eigenvalue weighted by atomic mass is 16.4. The molecule has 0 radical (unpaired) electrons. The Morgan fingerprint density at radius 2 is 1.75 bits per heavy atom. The molecule has 0 aliphatic heterocycles. The molecule has 0 aliphatic rings. The summed E-state index contributed by atoms with van der Waals surface area (Å²) in [5.41, 5.74) is 1.54. The number of carbonyl (C=O) groups is 1. The summed E-state index contributed by atoms with van der Waals surface area (Å²) in [6.07, 6.45) is 0. The molecule has 0 saturated heterocycles. The fourth-order valence-corrected chi connectivity index (χ4v) is 0.949. The Bertz CT molecular complexity index is 319. The number of benzene rings is 1. The molecule has 0 atom stereocenters. The molecule has 0 heterocycles. The average molecular weight is 221 g/mol. The lowest BCUT2D eigenvalue weighted by molar-refractivity contribution is -0.132. The fourth-order valence-electron chi connectivity index (χ4n) is 0.949.